The molecule has 2 aromatic rings. The van der Waals surface area contributed by atoms with Gasteiger partial charge in [0.1, 0.15) is 6.61 Å². The molecule has 3 rings (SSSR count). The number of methoxy groups -OCH3 is 1. The number of Topliss-reactive ketones (excluding diaryl/α,β-unsaturated/α-hetero) is 1. The first-order valence-electron chi connectivity index (χ1n) is 8.75. The SMILES string of the molecule is COCCn1c(C)cc(C(=O)COC(=O)C2COc3ccccc3O2)c1C. The highest BCUT2D eigenvalue weighted by Crippen LogP contribution is 2.31. The number of carbonyl (C=O) groups is 2. The third-order valence-electron chi connectivity index (χ3n) is 4.51. The molecule has 1 unspecified atom stereocenters. The van der Waals surface area contributed by atoms with Crippen LogP contribution in [0.1, 0.15) is 21.7 Å². The fourth-order valence-electron chi connectivity index (χ4n) is 3.05. The smallest absolute Gasteiger partial charge is 0.351 e. The van der Waals surface area contributed by atoms with E-state index in [0.717, 1.165) is 11.4 Å². The number of rotatable bonds is 7. The molecule has 7 nitrogen and oxygen atoms in total. The van der Waals surface area contributed by atoms with Crippen LogP contribution >= 0.6 is 0 Å². The third kappa shape index (κ3) is 4.14. The Kier molecular flexibility index (Phi) is 5.81. The minimum absolute atomic E-state index is 0.0512. The zero-order valence-corrected chi connectivity index (χ0v) is 15.7. The zero-order chi connectivity index (χ0) is 19.4. The lowest BCUT2D eigenvalue weighted by Crippen LogP contribution is -2.38. The van der Waals surface area contributed by atoms with E-state index < -0.39 is 12.1 Å². The van der Waals surface area contributed by atoms with Gasteiger partial charge in [-0.2, -0.15) is 0 Å². The number of aromatic nitrogens is 1. The maximum absolute atomic E-state index is 12.5. The van der Waals surface area contributed by atoms with E-state index in [1.807, 2.05) is 24.5 Å². The van der Waals surface area contributed by atoms with Crippen LogP contribution in [0.25, 0.3) is 0 Å². The Morgan fingerprint density at radius 2 is 1.96 bits per heavy atom. The molecule has 0 saturated heterocycles. The number of ether oxygens (including phenoxy) is 4. The maximum Gasteiger partial charge on any atom is 0.351 e. The highest BCUT2D eigenvalue weighted by atomic mass is 16.6. The molecule has 0 N–H and O–H groups in total. The van der Waals surface area contributed by atoms with Crippen molar-refractivity contribution in [1.82, 2.24) is 4.57 Å². The van der Waals surface area contributed by atoms with Gasteiger partial charge in [0, 0.05) is 30.6 Å². The van der Waals surface area contributed by atoms with E-state index in [1.165, 1.54) is 0 Å². The summed E-state index contributed by atoms with van der Waals surface area (Å²) in [5.41, 5.74) is 2.33. The van der Waals surface area contributed by atoms with Gasteiger partial charge in [-0.1, -0.05) is 12.1 Å². The number of nitrogens with zero attached hydrogens (tertiary/aromatic N) is 1. The van der Waals surface area contributed by atoms with Crippen molar-refractivity contribution in [3.05, 3.63) is 47.3 Å². The summed E-state index contributed by atoms with van der Waals surface area (Å²) in [7, 11) is 1.63. The van der Waals surface area contributed by atoms with Gasteiger partial charge in [0.25, 0.3) is 0 Å². The van der Waals surface area contributed by atoms with Gasteiger partial charge in [-0.3, -0.25) is 4.79 Å². The Bertz CT molecular complexity index is 841. The summed E-state index contributed by atoms with van der Waals surface area (Å²) in [6, 6.07) is 8.90. The highest BCUT2D eigenvalue weighted by molar-refractivity contribution is 5.99. The molecule has 0 spiro atoms. The molecule has 0 saturated carbocycles. The van der Waals surface area contributed by atoms with E-state index in [4.69, 9.17) is 18.9 Å². The fourth-order valence-corrected chi connectivity index (χ4v) is 3.05. The van der Waals surface area contributed by atoms with Crippen LogP contribution in [0.2, 0.25) is 0 Å². The molecule has 1 aliphatic rings. The summed E-state index contributed by atoms with van der Waals surface area (Å²) in [5.74, 6) is 0.197. The molecule has 2 heterocycles. The van der Waals surface area contributed by atoms with E-state index in [-0.39, 0.29) is 19.0 Å². The zero-order valence-electron chi connectivity index (χ0n) is 15.7. The summed E-state index contributed by atoms with van der Waals surface area (Å²) in [4.78, 5) is 24.7. The molecule has 144 valence electrons. The number of hydrogen-bond acceptors (Lipinski definition) is 6. The van der Waals surface area contributed by atoms with Gasteiger partial charge in [-0.25, -0.2) is 4.79 Å². The molecule has 1 aromatic carbocycles. The number of benzene rings is 1. The predicted octanol–water partition coefficient (Wildman–Crippen LogP) is 2.32. The van der Waals surface area contributed by atoms with Crippen molar-refractivity contribution in [1.29, 1.82) is 0 Å². The highest BCUT2D eigenvalue weighted by Gasteiger charge is 2.29. The third-order valence-corrected chi connectivity index (χ3v) is 4.51. The Labute approximate surface area is 157 Å². The number of carbonyl (C=O) groups excluding carboxylic acids is 2. The van der Waals surface area contributed by atoms with Gasteiger partial charge < -0.3 is 23.5 Å². The van der Waals surface area contributed by atoms with Crippen molar-refractivity contribution in [2.24, 2.45) is 0 Å². The van der Waals surface area contributed by atoms with Crippen LogP contribution < -0.4 is 9.47 Å². The molecule has 1 aromatic heterocycles. The molecule has 0 fully saturated rings. The number of para-hydroxylation sites is 2. The van der Waals surface area contributed by atoms with Crippen LogP contribution in [-0.2, 0) is 20.8 Å². The Morgan fingerprint density at radius 3 is 2.70 bits per heavy atom. The van der Waals surface area contributed by atoms with Gasteiger partial charge in [0.2, 0.25) is 11.9 Å². The van der Waals surface area contributed by atoms with Gasteiger partial charge >= 0.3 is 5.97 Å². The number of aryl methyl sites for hydroxylation is 1. The van der Waals surface area contributed by atoms with Crippen LogP contribution in [0.3, 0.4) is 0 Å². The van der Waals surface area contributed by atoms with Crippen LogP contribution in [0.4, 0.5) is 0 Å². The molecule has 0 amide bonds. The first kappa shape index (κ1) is 19.0. The lowest BCUT2D eigenvalue weighted by Gasteiger charge is -2.24. The lowest BCUT2D eigenvalue weighted by atomic mass is 10.1. The van der Waals surface area contributed by atoms with Crippen molar-refractivity contribution in [3.8, 4) is 11.5 Å². The molecule has 27 heavy (non-hydrogen) atoms. The van der Waals surface area contributed by atoms with Crippen LogP contribution in [0.5, 0.6) is 11.5 Å². The second-order valence-corrected chi connectivity index (χ2v) is 6.32. The summed E-state index contributed by atoms with van der Waals surface area (Å²) in [6.07, 6.45) is -0.887. The normalized spacial score (nSPS) is 15.4. The predicted molar refractivity (Wildman–Crippen MR) is 97.4 cm³/mol. The first-order valence-corrected chi connectivity index (χ1v) is 8.75. The summed E-state index contributed by atoms with van der Waals surface area (Å²) in [5, 5.41) is 0. The molecular weight excluding hydrogens is 350 g/mol. The fraction of sp³-hybridized carbons (Fsp3) is 0.400. The number of fused-ring (bicyclic) bond motifs is 1. The van der Waals surface area contributed by atoms with Gasteiger partial charge in [0.15, 0.2) is 18.1 Å². The van der Waals surface area contributed by atoms with Gasteiger partial charge in [-0.05, 0) is 32.0 Å². The van der Waals surface area contributed by atoms with E-state index in [0.29, 0.717) is 30.2 Å². The standard InChI is InChI=1S/C20H23NO6/c1-13-10-15(14(2)21(13)8-9-24-3)16(22)11-26-20(23)19-12-25-17-6-4-5-7-18(17)27-19/h4-7,10,19H,8-9,11-12H2,1-3H3. The largest absolute Gasteiger partial charge is 0.485 e. The average Bonchev–Trinajstić information content (AvgIpc) is 2.97. The van der Waals surface area contributed by atoms with Gasteiger partial charge in [-0.15, -0.1) is 0 Å². The number of ketones is 1. The monoisotopic (exact) mass is 373 g/mol. The molecule has 0 bridgehead atoms. The second kappa shape index (κ2) is 8.26. The van der Waals surface area contributed by atoms with Gasteiger partial charge in [0.05, 0.1) is 6.61 Å². The Hall–Kier alpha value is -2.80. The molecule has 7 heteroatoms. The summed E-state index contributed by atoms with van der Waals surface area (Å²) < 4.78 is 23.4. The lowest BCUT2D eigenvalue weighted by molar-refractivity contribution is -0.153. The second-order valence-electron chi connectivity index (χ2n) is 6.32. The maximum atomic E-state index is 12.5. The minimum Gasteiger partial charge on any atom is -0.485 e. The topological polar surface area (TPSA) is 76.0 Å². The van der Waals surface area contributed by atoms with Crippen LogP contribution in [0, 0.1) is 13.8 Å². The summed E-state index contributed by atoms with van der Waals surface area (Å²) >= 11 is 0. The van der Waals surface area contributed by atoms with Crippen molar-refractivity contribution in [3.63, 3.8) is 0 Å². The Balaban J connectivity index is 1.59. The number of esters is 1. The van der Waals surface area contributed by atoms with Crippen LogP contribution in [0.15, 0.2) is 30.3 Å². The Morgan fingerprint density at radius 1 is 1.22 bits per heavy atom. The van der Waals surface area contributed by atoms with Crippen molar-refractivity contribution < 1.29 is 28.5 Å². The average molecular weight is 373 g/mol. The molecule has 1 aliphatic heterocycles. The van der Waals surface area contributed by atoms with E-state index in [9.17, 15) is 9.59 Å². The molecular formula is C20H23NO6. The first-order chi connectivity index (χ1) is 13.0. The summed E-state index contributed by atoms with van der Waals surface area (Å²) in [6.45, 7) is 4.72. The number of hydrogen-bond donors (Lipinski definition) is 0. The molecule has 0 aliphatic carbocycles. The van der Waals surface area contributed by atoms with Crippen molar-refractivity contribution in [2.75, 3.05) is 26.9 Å². The van der Waals surface area contributed by atoms with E-state index >= 15 is 0 Å². The van der Waals surface area contributed by atoms with Crippen molar-refractivity contribution >= 4 is 11.8 Å². The van der Waals surface area contributed by atoms with Crippen LogP contribution in [-0.4, -0.2) is 49.4 Å². The quantitative estimate of drug-likeness (QED) is 0.548. The molecule has 0 radical (unpaired) electrons. The minimum atomic E-state index is -0.887. The van der Waals surface area contributed by atoms with E-state index in [1.54, 1.807) is 31.4 Å². The molecule has 1 atom stereocenters. The van der Waals surface area contributed by atoms with E-state index in [2.05, 4.69) is 0 Å². The van der Waals surface area contributed by atoms with Crippen molar-refractivity contribution in [2.45, 2.75) is 26.5 Å².